The minimum absolute atomic E-state index is 0.0976. The average molecular weight is 353 g/mol. The minimum atomic E-state index is 0.0976. The van der Waals surface area contributed by atoms with E-state index in [1.165, 1.54) is 10.5 Å². The van der Waals surface area contributed by atoms with Crippen LogP contribution in [0.2, 0.25) is 0 Å². The molecule has 0 saturated carbocycles. The molecule has 0 bridgehead atoms. The molecule has 0 aliphatic carbocycles. The Morgan fingerprint density at radius 3 is 2.44 bits per heavy atom. The first-order chi connectivity index (χ1) is 12.2. The number of nitrogens with zero attached hydrogens (tertiary/aromatic N) is 3. The van der Waals surface area contributed by atoms with E-state index in [2.05, 4.69) is 47.7 Å². The Morgan fingerprint density at radius 2 is 1.80 bits per heavy atom. The standard InChI is InChI=1S/C20H23N3OS/c1-15(2)19-20(25-17-6-4-3-5-7-17)23(18(22-19)10-13-24)14-16-8-11-21-12-9-16/h3-9,11-12,15,24H,10,13-14H2,1-2H3. The summed E-state index contributed by atoms with van der Waals surface area (Å²) in [6, 6.07) is 14.4. The number of aliphatic hydroxyl groups is 1. The SMILES string of the molecule is CC(C)c1nc(CCO)n(Cc2ccncc2)c1Sc1ccccc1. The fourth-order valence-corrected chi connectivity index (χ4v) is 3.89. The predicted octanol–water partition coefficient (Wildman–Crippen LogP) is 4.14. The monoisotopic (exact) mass is 353 g/mol. The third-order valence-electron chi connectivity index (χ3n) is 3.96. The van der Waals surface area contributed by atoms with Crippen LogP contribution in [0.1, 0.15) is 36.8 Å². The van der Waals surface area contributed by atoms with Gasteiger partial charge in [-0.25, -0.2) is 4.98 Å². The first-order valence-corrected chi connectivity index (χ1v) is 9.32. The summed E-state index contributed by atoms with van der Waals surface area (Å²) >= 11 is 1.74. The molecule has 3 aromatic rings. The predicted molar refractivity (Wildman–Crippen MR) is 101 cm³/mol. The number of imidazole rings is 1. The van der Waals surface area contributed by atoms with E-state index < -0.39 is 0 Å². The maximum Gasteiger partial charge on any atom is 0.112 e. The molecule has 25 heavy (non-hydrogen) atoms. The molecule has 0 saturated heterocycles. The van der Waals surface area contributed by atoms with Crippen molar-refractivity contribution in [2.24, 2.45) is 0 Å². The Bertz CT molecular complexity index is 801. The first-order valence-electron chi connectivity index (χ1n) is 8.51. The largest absolute Gasteiger partial charge is 0.396 e. The van der Waals surface area contributed by atoms with Crippen molar-refractivity contribution in [2.75, 3.05) is 6.61 Å². The van der Waals surface area contributed by atoms with Crippen LogP contribution in [0, 0.1) is 0 Å². The highest BCUT2D eigenvalue weighted by atomic mass is 32.2. The molecule has 0 amide bonds. The van der Waals surface area contributed by atoms with Gasteiger partial charge >= 0.3 is 0 Å². The molecule has 5 heteroatoms. The summed E-state index contributed by atoms with van der Waals surface area (Å²) in [5.74, 6) is 1.25. The number of hydrogen-bond acceptors (Lipinski definition) is 4. The summed E-state index contributed by atoms with van der Waals surface area (Å²) in [6.07, 6.45) is 4.18. The summed E-state index contributed by atoms with van der Waals surface area (Å²) in [4.78, 5) is 10.1. The van der Waals surface area contributed by atoms with Crippen molar-refractivity contribution in [2.45, 2.75) is 42.7 Å². The molecule has 1 aromatic carbocycles. The van der Waals surface area contributed by atoms with Crippen LogP contribution in [-0.2, 0) is 13.0 Å². The van der Waals surface area contributed by atoms with Crippen LogP contribution in [-0.4, -0.2) is 26.2 Å². The quantitative estimate of drug-likeness (QED) is 0.694. The highest BCUT2D eigenvalue weighted by Crippen LogP contribution is 2.35. The van der Waals surface area contributed by atoms with Gasteiger partial charge in [-0.15, -0.1) is 0 Å². The van der Waals surface area contributed by atoms with Gasteiger partial charge in [0.15, 0.2) is 0 Å². The van der Waals surface area contributed by atoms with Gasteiger partial charge in [-0.2, -0.15) is 0 Å². The third-order valence-corrected chi connectivity index (χ3v) is 5.09. The second-order valence-electron chi connectivity index (χ2n) is 6.20. The van der Waals surface area contributed by atoms with Crippen LogP contribution in [0.3, 0.4) is 0 Å². The van der Waals surface area contributed by atoms with E-state index in [9.17, 15) is 5.11 Å². The van der Waals surface area contributed by atoms with Crippen molar-refractivity contribution >= 4 is 11.8 Å². The lowest BCUT2D eigenvalue weighted by atomic mass is 10.1. The molecule has 130 valence electrons. The third kappa shape index (κ3) is 4.30. The van der Waals surface area contributed by atoms with Gasteiger partial charge in [0, 0.05) is 30.3 Å². The van der Waals surface area contributed by atoms with Gasteiger partial charge in [0.05, 0.1) is 12.3 Å². The van der Waals surface area contributed by atoms with E-state index in [0.29, 0.717) is 12.3 Å². The smallest absolute Gasteiger partial charge is 0.112 e. The van der Waals surface area contributed by atoms with E-state index in [1.807, 2.05) is 30.6 Å². The molecule has 2 aromatic heterocycles. The van der Waals surface area contributed by atoms with Crippen LogP contribution in [0.25, 0.3) is 0 Å². The first kappa shape index (κ1) is 17.7. The summed E-state index contributed by atoms with van der Waals surface area (Å²) in [5, 5.41) is 10.6. The summed E-state index contributed by atoms with van der Waals surface area (Å²) in [7, 11) is 0. The summed E-state index contributed by atoms with van der Waals surface area (Å²) in [5.41, 5.74) is 2.27. The Hall–Kier alpha value is -2.11. The van der Waals surface area contributed by atoms with Crippen molar-refractivity contribution in [3.8, 4) is 0 Å². The van der Waals surface area contributed by atoms with Gasteiger partial charge in [0.1, 0.15) is 10.9 Å². The molecule has 2 heterocycles. The maximum absolute atomic E-state index is 9.47. The van der Waals surface area contributed by atoms with Crippen molar-refractivity contribution in [1.82, 2.24) is 14.5 Å². The summed E-state index contributed by atoms with van der Waals surface area (Å²) in [6.45, 7) is 5.15. The van der Waals surface area contributed by atoms with Gasteiger partial charge in [0.25, 0.3) is 0 Å². The van der Waals surface area contributed by atoms with E-state index in [-0.39, 0.29) is 6.61 Å². The highest BCUT2D eigenvalue weighted by Gasteiger charge is 2.20. The Morgan fingerprint density at radius 1 is 1.08 bits per heavy atom. The minimum Gasteiger partial charge on any atom is -0.396 e. The molecule has 0 atom stereocenters. The second kappa shape index (κ2) is 8.32. The van der Waals surface area contributed by atoms with Gasteiger partial charge in [-0.3, -0.25) is 4.98 Å². The number of aliphatic hydroxyl groups excluding tert-OH is 1. The number of benzene rings is 1. The molecule has 0 unspecified atom stereocenters. The molecular weight excluding hydrogens is 330 g/mol. The Balaban J connectivity index is 2.05. The molecule has 0 aliphatic heterocycles. The summed E-state index contributed by atoms with van der Waals surface area (Å²) < 4.78 is 2.23. The lowest BCUT2D eigenvalue weighted by Crippen LogP contribution is -2.08. The molecule has 0 aliphatic rings. The van der Waals surface area contributed by atoms with Gasteiger partial charge in [0.2, 0.25) is 0 Å². The molecule has 0 fully saturated rings. The molecule has 1 N–H and O–H groups in total. The highest BCUT2D eigenvalue weighted by molar-refractivity contribution is 7.99. The molecular formula is C20H23N3OS. The van der Waals surface area contributed by atoms with Crippen molar-refractivity contribution in [3.05, 3.63) is 71.9 Å². The topological polar surface area (TPSA) is 50.9 Å². The van der Waals surface area contributed by atoms with Crippen molar-refractivity contribution in [1.29, 1.82) is 0 Å². The van der Waals surface area contributed by atoms with Gasteiger partial charge < -0.3 is 9.67 Å². The van der Waals surface area contributed by atoms with Crippen LogP contribution in [0.15, 0.2) is 64.8 Å². The van der Waals surface area contributed by atoms with Crippen LogP contribution >= 0.6 is 11.8 Å². The number of aromatic nitrogens is 3. The van der Waals surface area contributed by atoms with E-state index in [0.717, 1.165) is 23.1 Å². The Kier molecular flexibility index (Phi) is 5.89. The lowest BCUT2D eigenvalue weighted by molar-refractivity contribution is 0.294. The fraction of sp³-hybridized carbons (Fsp3) is 0.300. The zero-order chi connectivity index (χ0) is 17.6. The number of hydrogen-bond donors (Lipinski definition) is 1. The van der Waals surface area contributed by atoms with Crippen LogP contribution < -0.4 is 0 Å². The van der Waals surface area contributed by atoms with Crippen molar-refractivity contribution < 1.29 is 5.11 Å². The van der Waals surface area contributed by atoms with Crippen molar-refractivity contribution in [3.63, 3.8) is 0 Å². The zero-order valence-corrected chi connectivity index (χ0v) is 15.4. The normalized spacial score (nSPS) is 11.2. The fourth-order valence-electron chi connectivity index (χ4n) is 2.71. The second-order valence-corrected chi connectivity index (χ2v) is 7.27. The van der Waals surface area contributed by atoms with Crippen LogP contribution in [0.4, 0.5) is 0 Å². The molecule has 0 spiro atoms. The Labute approximate surface area is 153 Å². The molecule has 4 nitrogen and oxygen atoms in total. The van der Waals surface area contributed by atoms with Gasteiger partial charge in [-0.05, 0) is 35.7 Å². The maximum atomic E-state index is 9.47. The van der Waals surface area contributed by atoms with Crippen LogP contribution in [0.5, 0.6) is 0 Å². The van der Waals surface area contributed by atoms with E-state index >= 15 is 0 Å². The average Bonchev–Trinajstić information content (AvgIpc) is 2.95. The lowest BCUT2D eigenvalue weighted by Gasteiger charge is -2.13. The van der Waals surface area contributed by atoms with E-state index in [1.54, 1.807) is 11.8 Å². The van der Waals surface area contributed by atoms with Gasteiger partial charge in [-0.1, -0.05) is 43.8 Å². The number of rotatable bonds is 7. The number of pyridine rings is 1. The molecule has 0 radical (unpaired) electrons. The molecule has 3 rings (SSSR count). The zero-order valence-electron chi connectivity index (χ0n) is 14.6. The van der Waals surface area contributed by atoms with E-state index in [4.69, 9.17) is 4.98 Å².